The summed E-state index contributed by atoms with van der Waals surface area (Å²) in [5.74, 6) is -2.33. The third-order valence-electron chi connectivity index (χ3n) is 7.16. The second-order valence-electron chi connectivity index (χ2n) is 9.12. The molecule has 1 aromatic rings. The van der Waals surface area contributed by atoms with Crippen LogP contribution in [0.5, 0.6) is 0 Å². The van der Waals surface area contributed by atoms with E-state index in [4.69, 9.17) is 16.3 Å². The van der Waals surface area contributed by atoms with Gasteiger partial charge in [-0.3, -0.25) is 14.4 Å². The molecule has 5 atom stereocenters. The molecule has 7 nitrogen and oxygen atoms in total. The van der Waals surface area contributed by atoms with E-state index >= 15 is 0 Å². The predicted octanol–water partition coefficient (Wildman–Crippen LogP) is 3.06. The predicted molar refractivity (Wildman–Crippen MR) is 133 cm³/mol. The quantitative estimate of drug-likeness (QED) is 0.411. The number of hydrogen-bond acceptors (Lipinski definition) is 6. The number of carbonyl (C=O) groups excluding carboxylic acids is 3. The Balaban J connectivity index is 1.77. The van der Waals surface area contributed by atoms with Crippen LogP contribution in [-0.4, -0.2) is 69.6 Å². The Kier molecular flexibility index (Phi) is 6.86. The molecule has 1 spiro atoms. The van der Waals surface area contributed by atoms with Crippen molar-refractivity contribution in [2.24, 2.45) is 11.8 Å². The van der Waals surface area contributed by atoms with Crippen LogP contribution in [0.1, 0.15) is 19.8 Å². The standard InChI is InChI=1S/C25H29ClN2O5S/c1-4-12-27(17-8-6-16(26)7-9-17)22(31)20-25-11-10-24(3,34-25)19(23(32)33-15-5-2)18(25)21(30)28(20)13-14-29/h4-9,18-20,29H,1-2,10-15H2,3H3/t18-,19-,20?,24+,25?/m0/s1. The van der Waals surface area contributed by atoms with Crippen molar-refractivity contribution in [3.8, 4) is 0 Å². The van der Waals surface area contributed by atoms with Crippen molar-refractivity contribution in [3.05, 3.63) is 54.6 Å². The van der Waals surface area contributed by atoms with E-state index in [-0.39, 0.29) is 38.1 Å². The van der Waals surface area contributed by atoms with Crippen molar-refractivity contribution < 1.29 is 24.2 Å². The number of amides is 2. The lowest BCUT2D eigenvalue weighted by Gasteiger charge is -2.37. The molecular weight excluding hydrogens is 476 g/mol. The first kappa shape index (κ1) is 24.8. The molecule has 0 saturated carbocycles. The third kappa shape index (κ3) is 3.76. The van der Waals surface area contributed by atoms with E-state index in [1.165, 1.54) is 11.0 Å². The van der Waals surface area contributed by atoms with Gasteiger partial charge in [0.25, 0.3) is 5.91 Å². The SMILES string of the molecule is C=CCOC(=O)[C@@H]1[C@H]2C(=O)N(CCO)C(C(=O)N(CC=C)c3ccc(Cl)cc3)C23CC[C@@]1(C)S3. The first-order valence-corrected chi connectivity index (χ1v) is 12.5. The lowest BCUT2D eigenvalue weighted by Crippen LogP contribution is -2.55. The number of carbonyl (C=O) groups is 3. The van der Waals surface area contributed by atoms with E-state index < -0.39 is 33.3 Å². The normalized spacial score (nSPS) is 31.3. The monoisotopic (exact) mass is 504 g/mol. The minimum absolute atomic E-state index is 0.0156. The Hall–Kier alpha value is -2.29. The molecule has 2 unspecified atom stereocenters. The fourth-order valence-electron chi connectivity index (χ4n) is 5.86. The average Bonchev–Trinajstić information content (AvgIpc) is 3.37. The van der Waals surface area contributed by atoms with Crippen molar-refractivity contribution in [2.45, 2.75) is 35.3 Å². The van der Waals surface area contributed by atoms with E-state index in [0.29, 0.717) is 23.6 Å². The topological polar surface area (TPSA) is 87.1 Å². The molecule has 3 heterocycles. The Morgan fingerprint density at radius 2 is 2.00 bits per heavy atom. The lowest BCUT2D eigenvalue weighted by atomic mass is 9.66. The number of halogens is 1. The van der Waals surface area contributed by atoms with Crippen molar-refractivity contribution in [1.29, 1.82) is 0 Å². The molecule has 0 aliphatic carbocycles. The second kappa shape index (κ2) is 9.40. The Morgan fingerprint density at radius 3 is 2.62 bits per heavy atom. The van der Waals surface area contributed by atoms with Gasteiger partial charge in [0.05, 0.1) is 23.2 Å². The van der Waals surface area contributed by atoms with Gasteiger partial charge in [-0.2, -0.15) is 0 Å². The molecule has 4 rings (SSSR count). The van der Waals surface area contributed by atoms with Crippen LogP contribution in [0.4, 0.5) is 5.69 Å². The fourth-order valence-corrected chi connectivity index (χ4v) is 8.33. The van der Waals surface area contributed by atoms with Crippen molar-refractivity contribution in [2.75, 3.05) is 31.2 Å². The summed E-state index contributed by atoms with van der Waals surface area (Å²) in [5.41, 5.74) is 0.635. The average molecular weight is 505 g/mol. The molecule has 3 aliphatic heterocycles. The summed E-state index contributed by atoms with van der Waals surface area (Å²) < 4.78 is 4.11. The van der Waals surface area contributed by atoms with Gasteiger partial charge in [0.2, 0.25) is 5.91 Å². The van der Waals surface area contributed by atoms with Crippen molar-refractivity contribution in [3.63, 3.8) is 0 Å². The van der Waals surface area contributed by atoms with E-state index in [9.17, 15) is 19.5 Å². The lowest BCUT2D eigenvalue weighted by molar-refractivity contribution is -0.154. The summed E-state index contributed by atoms with van der Waals surface area (Å²) in [7, 11) is 0. The van der Waals surface area contributed by atoms with Gasteiger partial charge < -0.3 is 19.6 Å². The number of benzene rings is 1. The molecule has 3 fully saturated rings. The van der Waals surface area contributed by atoms with Gasteiger partial charge in [-0.1, -0.05) is 30.3 Å². The van der Waals surface area contributed by atoms with Crippen LogP contribution in [0.2, 0.25) is 5.02 Å². The smallest absolute Gasteiger partial charge is 0.311 e. The van der Waals surface area contributed by atoms with Crippen LogP contribution < -0.4 is 4.90 Å². The highest BCUT2D eigenvalue weighted by Gasteiger charge is 2.77. The summed E-state index contributed by atoms with van der Waals surface area (Å²) in [6.45, 7) is 9.41. The maximum atomic E-state index is 14.2. The van der Waals surface area contributed by atoms with Crippen LogP contribution in [0.3, 0.4) is 0 Å². The minimum Gasteiger partial charge on any atom is -0.461 e. The first-order chi connectivity index (χ1) is 16.2. The summed E-state index contributed by atoms with van der Waals surface area (Å²) >= 11 is 7.61. The van der Waals surface area contributed by atoms with Gasteiger partial charge in [0.15, 0.2) is 0 Å². The zero-order chi connectivity index (χ0) is 24.7. The van der Waals surface area contributed by atoms with Crippen molar-refractivity contribution in [1.82, 2.24) is 4.90 Å². The molecule has 34 heavy (non-hydrogen) atoms. The van der Waals surface area contributed by atoms with Gasteiger partial charge in [-0.25, -0.2) is 0 Å². The van der Waals surface area contributed by atoms with E-state index in [0.717, 1.165) is 0 Å². The highest BCUT2D eigenvalue weighted by molar-refractivity contribution is 8.02. The number of hydrogen-bond donors (Lipinski definition) is 1. The van der Waals surface area contributed by atoms with E-state index in [1.807, 2.05) is 6.92 Å². The van der Waals surface area contributed by atoms with Gasteiger partial charge in [-0.05, 0) is 44.0 Å². The molecule has 3 aliphatic rings. The Morgan fingerprint density at radius 1 is 1.29 bits per heavy atom. The van der Waals surface area contributed by atoms with Crippen molar-refractivity contribution >= 4 is 46.8 Å². The number of ether oxygens (including phenoxy) is 1. The molecule has 2 bridgehead atoms. The fraction of sp³-hybridized carbons (Fsp3) is 0.480. The maximum Gasteiger partial charge on any atom is 0.311 e. The van der Waals surface area contributed by atoms with E-state index in [2.05, 4.69) is 13.2 Å². The Bertz CT molecular complexity index is 1020. The number of thioether (sulfide) groups is 1. The number of esters is 1. The van der Waals surface area contributed by atoms with Crippen LogP contribution >= 0.6 is 23.4 Å². The summed E-state index contributed by atoms with van der Waals surface area (Å²) in [6, 6.07) is 6.09. The Labute approximate surface area is 208 Å². The molecular formula is C25H29ClN2O5S. The maximum absolute atomic E-state index is 14.2. The number of aliphatic hydroxyl groups is 1. The molecule has 0 aromatic heterocycles. The largest absolute Gasteiger partial charge is 0.461 e. The first-order valence-electron chi connectivity index (χ1n) is 11.3. The van der Waals surface area contributed by atoms with Gasteiger partial charge in [0.1, 0.15) is 12.6 Å². The van der Waals surface area contributed by atoms with Crippen LogP contribution in [0, 0.1) is 11.8 Å². The number of likely N-dealkylation sites (tertiary alicyclic amines) is 1. The molecule has 1 aromatic carbocycles. The minimum atomic E-state index is -0.822. The number of aliphatic hydroxyl groups excluding tert-OH is 1. The summed E-state index contributed by atoms with van der Waals surface area (Å²) in [5, 5.41) is 10.3. The summed E-state index contributed by atoms with van der Waals surface area (Å²) in [4.78, 5) is 44.0. The number of anilines is 1. The highest BCUT2D eigenvalue weighted by Crippen LogP contribution is 2.71. The van der Waals surface area contributed by atoms with Crippen LogP contribution in [-0.2, 0) is 19.1 Å². The zero-order valence-electron chi connectivity index (χ0n) is 19.1. The number of fused-ring (bicyclic) bond motifs is 1. The molecule has 182 valence electrons. The highest BCUT2D eigenvalue weighted by atomic mass is 35.5. The molecule has 1 N–H and O–H groups in total. The third-order valence-corrected chi connectivity index (χ3v) is 9.40. The van der Waals surface area contributed by atoms with Gasteiger partial charge >= 0.3 is 5.97 Å². The number of rotatable bonds is 9. The number of nitrogens with zero attached hydrogens (tertiary/aromatic N) is 2. The molecule has 2 amide bonds. The van der Waals surface area contributed by atoms with E-state index in [1.54, 1.807) is 47.0 Å². The van der Waals surface area contributed by atoms with Gasteiger partial charge in [-0.15, -0.1) is 18.3 Å². The zero-order valence-corrected chi connectivity index (χ0v) is 20.7. The second-order valence-corrected chi connectivity index (χ2v) is 11.4. The van der Waals surface area contributed by atoms with Gasteiger partial charge in [0, 0.05) is 28.5 Å². The molecule has 3 saturated heterocycles. The van der Waals surface area contributed by atoms with Crippen LogP contribution in [0.15, 0.2) is 49.6 Å². The van der Waals surface area contributed by atoms with Crippen LogP contribution in [0.25, 0.3) is 0 Å². The summed E-state index contributed by atoms with van der Waals surface area (Å²) in [6.07, 6.45) is 4.44. The number of β-amino-alcohol motifs (C(OH)–C–C–N with tert-alkyl or cyclic N) is 1. The molecule has 0 radical (unpaired) electrons. The molecule has 9 heteroatoms.